The number of piperazine rings is 1. The quantitative estimate of drug-likeness (QED) is 0.704. The molecule has 2 aliphatic rings. The van der Waals surface area contributed by atoms with E-state index < -0.39 is 17.5 Å². The minimum absolute atomic E-state index is 0.321. The van der Waals surface area contributed by atoms with Crippen LogP contribution in [0.15, 0.2) is 18.2 Å². The predicted molar refractivity (Wildman–Crippen MR) is 120 cm³/mol. The lowest BCUT2D eigenvalue weighted by molar-refractivity contribution is 0.0240. The van der Waals surface area contributed by atoms with Gasteiger partial charge in [0.2, 0.25) is 0 Å². The fourth-order valence-corrected chi connectivity index (χ4v) is 3.56. The van der Waals surface area contributed by atoms with E-state index in [1.54, 1.807) is 24.0 Å². The average molecular weight is 453 g/mol. The van der Waals surface area contributed by atoms with Gasteiger partial charge in [-0.2, -0.15) is 0 Å². The summed E-state index contributed by atoms with van der Waals surface area (Å²) in [5, 5.41) is 2.98. The van der Waals surface area contributed by atoms with E-state index in [0.717, 1.165) is 0 Å². The molecule has 0 aromatic heterocycles. The number of thiocarbonyl (C=S) groups is 1. The number of ether oxygens (including phenoxy) is 2. The van der Waals surface area contributed by atoms with Crippen LogP contribution >= 0.6 is 12.2 Å². The summed E-state index contributed by atoms with van der Waals surface area (Å²) in [7, 11) is 0. The van der Waals surface area contributed by atoms with Crippen LogP contribution in [-0.4, -0.2) is 73.0 Å². The second-order valence-electron chi connectivity index (χ2n) is 8.64. The third-order valence-corrected chi connectivity index (χ3v) is 5.11. The van der Waals surface area contributed by atoms with Crippen LogP contribution < -0.4 is 15.1 Å². The van der Waals surface area contributed by atoms with Gasteiger partial charge in [-0.25, -0.2) is 14.0 Å². The second-order valence-corrected chi connectivity index (χ2v) is 9.26. The van der Waals surface area contributed by atoms with E-state index in [1.807, 2.05) is 25.7 Å². The van der Waals surface area contributed by atoms with E-state index in [0.29, 0.717) is 55.6 Å². The molecule has 170 valence electrons. The van der Waals surface area contributed by atoms with Gasteiger partial charge in [0.1, 0.15) is 17.5 Å². The number of halogens is 1. The summed E-state index contributed by atoms with van der Waals surface area (Å²) in [4.78, 5) is 29.9. The fourth-order valence-electron chi connectivity index (χ4n) is 3.47. The van der Waals surface area contributed by atoms with Crippen molar-refractivity contribution in [3.05, 3.63) is 24.0 Å². The molecule has 2 heterocycles. The Balaban J connectivity index is 1.60. The van der Waals surface area contributed by atoms with Crippen LogP contribution in [0.3, 0.4) is 0 Å². The Bertz CT molecular complexity index is 852. The van der Waals surface area contributed by atoms with Gasteiger partial charge in [-0.05, 0) is 45.9 Å². The third kappa shape index (κ3) is 5.96. The summed E-state index contributed by atoms with van der Waals surface area (Å²) in [6.07, 6.45) is -1.22. The van der Waals surface area contributed by atoms with Crippen LogP contribution in [-0.2, 0) is 9.47 Å². The number of nitrogens with one attached hydrogen (secondary N) is 1. The first-order chi connectivity index (χ1) is 14.5. The zero-order chi connectivity index (χ0) is 22.8. The van der Waals surface area contributed by atoms with Gasteiger partial charge in [-0.3, -0.25) is 4.90 Å². The van der Waals surface area contributed by atoms with Crippen molar-refractivity contribution in [1.29, 1.82) is 0 Å². The summed E-state index contributed by atoms with van der Waals surface area (Å²) >= 11 is 4.97. The zero-order valence-electron chi connectivity index (χ0n) is 18.3. The number of rotatable bonds is 4. The van der Waals surface area contributed by atoms with Gasteiger partial charge in [0, 0.05) is 26.2 Å². The lowest BCUT2D eigenvalue weighted by atomic mass is 10.2. The first-order valence-corrected chi connectivity index (χ1v) is 10.7. The van der Waals surface area contributed by atoms with Gasteiger partial charge >= 0.3 is 12.2 Å². The molecule has 2 aliphatic heterocycles. The zero-order valence-corrected chi connectivity index (χ0v) is 19.1. The molecule has 31 heavy (non-hydrogen) atoms. The highest BCUT2D eigenvalue weighted by Crippen LogP contribution is 2.28. The third-order valence-electron chi connectivity index (χ3n) is 4.97. The molecule has 3 rings (SSSR count). The van der Waals surface area contributed by atoms with Crippen LogP contribution in [0.2, 0.25) is 0 Å². The molecule has 0 radical (unpaired) electrons. The fraction of sp³-hybridized carbons (Fsp3) is 0.571. The van der Waals surface area contributed by atoms with E-state index in [-0.39, 0.29) is 12.2 Å². The highest BCUT2D eigenvalue weighted by Gasteiger charge is 2.33. The minimum atomic E-state index is -0.551. The van der Waals surface area contributed by atoms with Crippen molar-refractivity contribution in [2.24, 2.45) is 0 Å². The molecule has 0 spiro atoms. The maximum Gasteiger partial charge on any atom is 0.414 e. The Labute approximate surface area is 187 Å². The summed E-state index contributed by atoms with van der Waals surface area (Å²) in [6.45, 7) is 9.85. The average Bonchev–Trinajstić information content (AvgIpc) is 3.06. The predicted octanol–water partition coefficient (Wildman–Crippen LogP) is 3.14. The van der Waals surface area contributed by atoms with Gasteiger partial charge in [0.25, 0.3) is 0 Å². The number of benzene rings is 1. The monoisotopic (exact) mass is 452 g/mol. The molecule has 2 amide bonds. The van der Waals surface area contributed by atoms with Crippen LogP contribution in [0.4, 0.5) is 25.4 Å². The largest absolute Gasteiger partial charge is 0.444 e. The molecule has 10 heteroatoms. The van der Waals surface area contributed by atoms with Crippen molar-refractivity contribution in [2.75, 3.05) is 49.1 Å². The molecule has 1 aromatic carbocycles. The molecule has 1 atom stereocenters. The molecule has 2 saturated heterocycles. The van der Waals surface area contributed by atoms with Crippen LogP contribution in [0.25, 0.3) is 0 Å². The summed E-state index contributed by atoms with van der Waals surface area (Å²) in [5.74, 6) is -0.424. The van der Waals surface area contributed by atoms with E-state index >= 15 is 0 Å². The number of carbonyl (C=O) groups excluding carboxylic acids is 2. The molecular formula is C21H29FN4O4S. The first-order valence-electron chi connectivity index (χ1n) is 10.3. The Morgan fingerprint density at radius 2 is 1.97 bits per heavy atom. The minimum Gasteiger partial charge on any atom is -0.444 e. The number of anilines is 2. The van der Waals surface area contributed by atoms with Gasteiger partial charge in [0.05, 0.1) is 29.5 Å². The van der Waals surface area contributed by atoms with Crippen LogP contribution in [0, 0.1) is 5.82 Å². The van der Waals surface area contributed by atoms with Gasteiger partial charge in [0.15, 0.2) is 0 Å². The first kappa shape index (κ1) is 23.1. The Morgan fingerprint density at radius 3 is 2.55 bits per heavy atom. The molecule has 1 N–H and O–H groups in total. The van der Waals surface area contributed by atoms with E-state index in [4.69, 9.17) is 21.7 Å². The Hall–Kier alpha value is -2.62. The number of nitrogens with zero attached hydrogens (tertiary/aromatic N) is 3. The summed E-state index contributed by atoms with van der Waals surface area (Å²) in [6, 6.07) is 4.71. The molecule has 0 saturated carbocycles. The summed E-state index contributed by atoms with van der Waals surface area (Å²) in [5.41, 5.74) is 0.333. The van der Waals surface area contributed by atoms with E-state index in [2.05, 4.69) is 5.32 Å². The topological polar surface area (TPSA) is 74.4 Å². The van der Waals surface area contributed by atoms with Crippen molar-refractivity contribution < 1.29 is 23.5 Å². The van der Waals surface area contributed by atoms with Crippen molar-refractivity contribution in [3.63, 3.8) is 0 Å². The summed E-state index contributed by atoms with van der Waals surface area (Å²) < 4.78 is 25.6. The van der Waals surface area contributed by atoms with Crippen LogP contribution in [0.5, 0.6) is 0 Å². The lowest BCUT2D eigenvalue weighted by Gasteiger charge is -2.37. The Morgan fingerprint density at radius 1 is 1.29 bits per heavy atom. The molecule has 0 bridgehead atoms. The van der Waals surface area contributed by atoms with Crippen molar-refractivity contribution >= 4 is 40.8 Å². The highest BCUT2D eigenvalue weighted by atomic mass is 32.1. The smallest absolute Gasteiger partial charge is 0.414 e. The van der Waals surface area contributed by atoms with E-state index in [1.165, 1.54) is 11.0 Å². The molecule has 2 fully saturated rings. The number of hydrogen-bond donors (Lipinski definition) is 1. The molecule has 8 nitrogen and oxygen atoms in total. The second kappa shape index (κ2) is 9.25. The van der Waals surface area contributed by atoms with Gasteiger partial charge < -0.3 is 24.6 Å². The number of cyclic esters (lactones) is 1. The number of amides is 2. The standard InChI is InChI=1S/C21H29FN4O4S/c1-14(31)23-12-16-13-26(20(28)29-16)15-5-6-18(17(22)11-15)24-7-9-25(10-8-24)19(27)30-21(2,3)4/h5-6,11,16H,7-10,12-13H2,1-4H3,(H,23,31). The maximum absolute atomic E-state index is 14.9. The van der Waals surface area contributed by atoms with Gasteiger partial charge in [-0.15, -0.1) is 0 Å². The highest BCUT2D eigenvalue weighted by molar-refractivity contribution is 7.80. The van der Waals surface area contributed by atoms with Crippen LogP contribution in [0.1, 0.15) is 27.7 Å². The maximum atomic E-state index is 14.9. The SMILES string of the molecule is CC(=S)NCC1CN(c2ccc(N3CCN(C(=O)OC(C)(C)C)CC3)c(F)c2)C(=O)O1. The molecular weight excluding hydrogens is 423 g/mol. The number of carbonyl (C=O) groups is 2. The van der Waals surface area contributed by atoms with Crippen molar-refractivity contribution in [2.45, 2.75) is 39.4 Å². The number of hydrogen-bond acceptors (Lipinski definition) is 6. The van der Waals surface area contributed by atoms with E-state index in [9.17, 15) is 14.0 Å². The van der Waals surface area contributed by atoms with Gasteiger partial charge in [-0.1, -0.05) is 12.2 Å². The molecule has 0 aliphatic carbocycles. The molecule has 1 unspecified atom stereocenters. The normalized spacial score (nSPS) is 19.3. The lowest BCUT2D eigenvalue weighted by Crippen LogP contribution is -2.50. The Kier molecular flexibility index (Phi) is 6.88. The van der Waals surface area contributed by atoms with Crippen molar-refractivity contribution in [1.82, 2.24) is 10.2 Å². The van der Waals surface area contributed by atoms with Crippen molar-refractivity contribution in [3.8, 4) is 0 Å². The molecule has 1 aromatic rings.